The minimum atomic E-state index is -0.206. The van der Waals surface area contributed by atoms with E-state index in [0.29, 0.717) is 17.0 Å². The van der Waals surface area contributed by atoms with Crippen molar-refractivity contribution < 1.29 is 9.32 Å². The molecule has 0 radical (unpaired) electrons. The van der Waals surface area contributed by atoms with Gasteiger partial charge in [0.15, 0.2) is 0 Å². The molecule has 2 aromatic carbocycles. The molecule has 0 aliphatic heterocycles. The van der Waals surface area contributed by atoms with Crippen LogP contribution in [0.3, 0.4) is 0 Å². The van der Waals surface area contributed by atoms with E-state index in [9.17, 15) is 4.79 Å². The zero-order chi connectivity index (χ0) is 15.0. The molecule has 0 saturated carbocycles. The van der Waals surface area contributed by atoms with Gasteiger partial charge in [-0.25, -0.2) is 0 Å². The van der Waals surface area contributed by atoms with Crippen molar-refractivity contribution in [3.05, 3.63) is 57.9 Å². The number of amides is 1. The van der Waals surface area contributed by atoms with Gasteiger partial charge in [0.05, 0.1) is 5.69 Å². The minimum absolute atomic E-state index is 0.206. The number of rotatable bonds is 2. The quantitative estimate of drug-likeness (QED) is 0.746. The van der Waals surface area contributed by atoms with Crippen LogP contribution in [0.2, 0.25) is 0 Å². The van der Waals surface area contributed by atoms with Crippen LogP contribution in [0.15, 0.2) is 45.4 Å². The van der Waals surface area contributed by atoms with E-state index < -0.39 is 0 Å². The van der Waals surface area contributed by atoms with Gasteiger partial charge in [-0.3, -0.25) is 4.79 Å². The number of hydrogen-bond acceptors (Lipinski definition) is 3. The number of aromatic nitrogens is 1. The van der Waals surface area contributed by atoms with E-state index in [0.717, 1.165) is 20.9 Å². The molecule has 0 atom stereocenters. The predicted molar refractivity (Wildman–Crippen MR) is 85.6 cm³/mol. The second-order valence-electron chi connectivity index (χ2n) is 4.86. The van der Waals surface area contributed by atoms with Crippen molar-refractivity contribution in [1.82, 2.24) is 5.16 Å². The lowest BCUT2D eigenvalue weighted by Crippen LogP contribution is -2.13. The largest absolute Gasteiger partial charge is 0.361 e. The van der Waals surface area contributed by atoms with Crippen LogP contribution in [0.4, 0.5) is 5.69 Å². The van der Waals surface area contributed by atoms with Gasteiger partial charge in [-0.1, -0.05) is 33.2 Å². The Bertz CT molecular complexity index is 820. The van der Waals surface area contributed by atoms with Crippen LogP contribution in [0.25, 0.3) is 10.8 Å². The highest BCUT2D eigenvalue weighted by Crippen LogP contribution is 2.23. The molecule has 0 fully saturated rings. The van der Waals surface area contributed by atoms with E-state index in [1.165, 1.54) is 0 Å². The third-order valence-corrected chi connectivity index (χ3v) is 3.81. The number of nitrogens with one attached hydrogen (secondary N) is 1. The first-order chi connectivity index (χ1) is 10.0. The van der Waals surface area contributed by atoms with E-state index in [1.807, 2.05) is 36.4 Å². The summed E-state index contributed by atoms with van der Waals surface area (Å²) in [5.74, 6) is 0.317. The molecule has 0 bridgehead atoms. The fourth-order valence-corrected chi connectivity index (χ4v) is 2.67. The third-order valence-electron chi connectivity index (χ3n) is 3.32. The Kier molecular flexibility index (Phi) is 3.51. The number of hydrogen-bond donors (Lipinski definition) is 1. The summed E-state index contributed by atoms with van der Waals surface area (Å²) in [6.07, 6.45) is 0. The van der Waals surface area contributed by atoms with E-state index in [1.54, 1.807) is 13.8 Å². The Labute approximate surface area is 130 Å². The predicted octanol–water partition coefficient (Wildman–Crippen LogP) is 4.46. The van der Waals surface area contributed by atoms with Crippen LogP contribution in [0.5, 0.6) is 0 Å². The van der Waals surface area contributed by atoms with Gasteiger partial charge in [-0.2, -0.15) is 0 Å². The van der Waals surface area contributed by atoms with Crippen LogP contribution >= 0.6 is 15.9 Å². The molecule has 0 aliphatic rings. The monoisotopic (exact) mass is 344 g/mol. The average molecular weight is 345 g/mol. The number of benzene rings is 2. The van der Waals surface area contributed by atoms with E-state index >= 15 is 0 Å². The maximum Gasteiger partial charge on any atom is 0.261 e. The lowest BCUT2D eigenvalue weighted by Gasteiger charge is -2.06. The SMILES string of the molecule is Cc1noc(C)c1C(=O)Nc1ccc2cc(Br)ccc2c1. The molecule has 0 unspecified atom stereocenters. The molecule has 1 N–H and O–H groups in total. The molecule has 5 heteroatoms. The Morgan fingerprint density at radius 2 is 1.86 bits per heavy atom. The van der Waals surface area contributed by atoms with Crippen LogP contribution in [-0.4, -0.2) is 11.1 Å². The molecule has 106 valence electrons. The number of halogens is 1. The number of anilines is 1. The number of nitrogens with zero attached hydrogens (tertiary/aromatic N) is 1. The van der Waals surface area contributed by atoms with Gasteiger partial charge >= 0.3 is 0 Å². The summed E-state index contributed by atoms with van der Waals surface area (Å²) in [6, 6.07) is 11.8. The van der Waals surface area contributed by atoms with Crippen LogP contribution in [0.1, 0.15) is 21.8 Å². The molecule has 0 spiro atoms. The number of aryl methyl sites for hydroxylation is 2. The zero-order valence-electron chi connectivity index (χ0n) is 11.6. The van der Waals surface area contributed by atoms with Gasteiger partial charge < -0.3 is 9.84 Å². The summed E-state index contributed by atoms with van der Waals surface area (Å²) >= 11 is 3.45. The molecule has 3 rings (SSSR count). The van der Waals surface area contributed by atoms with E-state index in [2.05, 4.69) is 26.4 Å². The summed E-state index contributed by atoms with van der Waals surface area (Å²) in [6.45, 7) is 3.48. The number of fused-ring (bicyclic) bond motifs is 1. The molecule has 0 saturated heterocycles. The average Bonchev–Trinajstić information content (AvgIpc) is 2.78. The summed E-state index contributed by atoms with van der Waals surface area (Å²) in [4.78, 5) is 12.3. The van der Waals surface area contributed by atoms with Gasteiger partial charge in [-0.15, -0.1) is 0 Å². The smallest absolute Gasteiger partial charge is 0.261 e. The number of carbonyl (C=O) groups is 1. The normalized spacial score (nSPS) is 10.8. The van der Waals surface area contributed by atoms with Crippen molar-refractivity contribution in [2.45, 2.75) is 13.8 Å². The van der Waals surface area contributed by atoms with Crippen LogP contribution in [-0.2, 0) is 0 Å². The first kappa shape index (κ1) is 13.8. The fraction of sp³-hybridized carbons (Fsp3) is 0.125. The molecular formula is C16H13BrN2O2. The van der Waals surface area contributed by atoms with Crippen molar-refractivity contribution in [3.8, 4) is 0 Å². The van der Waals surface area contributed by atoms with Crippen molar-refractivity contribution in [3.63, 3.8) is 0 Å². The third kappa shape index (κ3) is 2.69. The minimum Gasteiger partial charge on any atom is -0.361 e. The maximum absolute atomic E-state index is 12.3. The fourth-order valence-electron chi connectivity index (χ4n) is 2.30. The van der Waals surface area contributed by atoms with Crippen LogP contribution < -0.4 is 5.32 Å². The van der Waals surface area contributed by atoms with Crippen LogP contribution in [0, 0.1) is 13.8 Å². The number of carbonyl (C=O) groups excluding carboxylic acids is 1. The van der Waals surface area contributed by atoms with Gasteiger partial charge in [0, 0.05) is 10.2 Å². The lowest BCUT2D eigenvalue weighted by molar-refractivity contribution is 0.102. The highest BCUT2D eigenvalue weighted by molar-refractivity contribution is 9.10. The van der Waals surface area contributed by atoms with Crippen molar-refractivity contribution >= 4 is 38.3 Å². The molecule has 1 amide bonds. The molecule has 0 aliphatic carbocycles. The highest BCUT2D eigenvalue weighted by Gasteiger charge is 2.17. The topological polar surface area (TPSA) is 55.1 Å². The first-order valence-electron chi connectivity index (χ1n) is 6.48. The van der Waals surface area contributed by atoms with E-state index in [4.69, 9.17) is 4.52 Å². The van der Waals surface area contributed by atoms with Gasteiger partial charge in [0.2, 0.25) is 0 Å². The zero-order valence-corrected chi connectivity index (χ0v) is 13.2. The Balaban J connectivity index is 1.91. The maximum atomic E-state index is 12.3. The molecule has 1 aromatic heterocycles. The summed E-state index contributed by atoms with van der Waals surface area (Å²) in [5.41, 5.74) is 1.83. The Hall–Kier alpha value is -2.14. The second-order valence-corrected chi connectivity index (χ2v) is 5.78. The Morgan fingerprint density at radius 1 is 1.14 bits per heavy atom. The second kappa shape index (κ2) is 5.33. The highest BCUT2D eigenvalue weighted by atomic mass is 79.9. The molecule has 3 aromatic rings. The summed E-state index contributed by atoms with van der Waals surface area (Å²) in [7, 11) is 0. The summed E-state index contributed by atoms with van der Waals surface area (Å²) < 4.78 is 6.05. The molecule has 21 heavy (non-hydrogen) atoms. The molecule has 4 nitrogen and oxygen atoms in total. The summed E-state index contributed by atoms with van der Waals surface area (Å²) in [5, 5.41) is 8.85. The Morgan fingerprint density at radius 3 is 2.57 bits per heavy atom. The van der Waals surface area contributed by atoms with Gasteiger partial charge in [-0.05, 0) is 48.9 Å². The lowest BCUT2D eigenvalue weighted by atomic mass is 10.1. The van der Waals surface area contributed by atoms with Gasteiger partial charge in [0.25, 0.3) is 5.91 Å². The van der Waals surface area contributed by atoms with Crippen molar-refractivity contribution in [1.29, 1.82) is 0 Å². The first-order valence-corrected chi connectivity index (χ1v) is 7.27. The van der Waals surface area contributed by atoms with Crippen molar-refractivity contribution in [2.75, 3.05) is 5.32 Å². The molecular weight excluding hydrogens is 332 g/mol. The van der Waals surface area contributed by atoms with Crippen molar-refractivity contribution in [2.24, 2.45) is 0 Å². The van der Waals surface area contributed by atoms with E-state index in [-0.39, 0.29) is 5.91 Å². The standard InChI is InChI=1S/C16H13BrN2O2/c1-9-15(10(2)21-19-9)16(20)18-14-6-4-11-7-13(17)5-3-12(11)8-14/h3-8H,1-2H3,(H,18,20). The van der Waals surface area contributed by atoms with Gasteiger partial charge in [0.1, 0.15) is 11.3 Å². The molecule has 1 heterocycles.